The van der Waals surface area contributed by atoms with Gasteiger partial charge in [-0.25, -0.2) is 4.79 Å². The fraction of sp³-hybridized carbons (Fsp3) is 0.889. The van der Waals surface area contributed by atoms with Gasteiger partial charge in [-0.05, 0) is 18.8 Å². The lowest BCUT2D eigenvalue weighted by Gasteiger charge is -2.34. The molecule has 0 N–H and O–H groups in total. The Morgan fingerprint density at radius 3 is 1.92 bits per heavy atom. The number of hydrogen-bond donors (Lipinski definition) is 0. The van der Waals surface area contributed by atoms with E-state index in [0.29, 0.717) is 5.92 Å². The van der Waals surface area contributed by atoms with Crippen molar-refractivity contribution in [2.24, 2.45) is 5.92 Å². The highest BCUT2D eigenvalue weighted by Crippen LogP contribution is 2.30. The summed E-state index contributed by atoms with van der Waals surface area (Å²) in [6.45, 7) is 8.08. The molecule has 0 spiro atoms. The van der Waals surface area contributed by atoms with Crippen LogP contribution in [-0.4, -0.2) is 11.0 Å². The molecule has 0 saturated carbocycles. The highest BCUT2D eigenvalue weighted by atomic mass is 35.5. The molecule has 0 unspecified atom stereocenters. The summed E-state index contributed by atoms with van der Waals surface area (Å²) in [5.74, 6) is 0.301. The fourth-order valence-electron chi connectivity index (χ4n) is 1.49. The molecule has 0 amide bonds. The van der Waals surface area contributed by atoms with Gasteiger partial charge in [0.15, 0.2) is 0 Å². The summed E-state index contributed by atoms with van der Waals surface area (Å²) in [6, 6.07) is 0. The number of hydrogen-bond acceptors (Lipinski definition) is 2. The second-order valence-corrected chi connectivity index (χ2v) is 3.57. The van der Waals surface area contributed by atoms with E-state index in [1.54, 1.807) is 0 Å². The zero-order chi connectivity index (χ0) is 9.78. The summed E-state index contributed by atoms with van der Waals surface area (Å²) in [7, 11) is 0. The first kappa shape index (κ1) is 11.8. The average Bonchev–Trinajstić information content (AvgIpc) is 1.99. The zero-order valence-electron chi connectivity index (χ0n) is 8.19. The molecule has 0 aromatic carbocycles. The van der Waals surface area contributed by atoms with Crippen molar-refractivity contribution in [3.63, 3.8) is 0 Å². The number of carbonyl (C=O) groups excluding carboxylic acids is 1. The smallest absolute Gasteiger partial charge is 0.404 e. The number of carbonyl (C=O) groups is 1. The van der Waals surface area contributed by atoms with Gasteiger partial charge in [-0.3, -0.25) is 0 Å². The quantitative estimate of drug-likeness (QED) is 0.637. The van der Waals surface area contributed by atoms with Gasteiger partial charge >= 0.3 is 5.43 Å². The summed E-state index contributed by atoms with van der Waals surface area (Å²) in [5, 5.41) is 0. The van der Waals surface area contributed by atoms with Crippen LogP contribution in [0.4, 0.5) is 4.79 Å². The Hall–Kier alpha value is -0.240. The van der Waals surface area contributed by atoms with Crippen LogP contribution in [0.2, 0.25) is 0 Å². The number of ether oxygens (including phenoxy) is 1. The number of halogens is 1. The van der Waals surface area contributed by atoms with Crippen LogP contribution < -0.4 is 0 Å². The molecule has 0 fully saturated rings. The van der Waals surface area contributed by atoms with E-state index in [1.165, 1.54) is 0 Å². The maximum Gasteiger partial charge on any atom is 0.404 e. The largest absolute Gasteiger partial charge is 0.447 e. The van der Waals surface area contributed by atoms with Gasteiger partial charge in [-0.2, -0.15) is 0 Å². The lowest BCUT2D eigenvalue weighted by molar-refractivity contribution is -0.0178. The maximum atomic E-state index is 10.6. The monoisotopic (exact) mass is 192 g/mol. The third-order valence-electron chi connectivity index (χ3n) is 2.53. The van der Waals surface area contributed by atoms with Gasteiger partial charge in [0.05, 0.1) is 0 Å². The normalized spacial score (nSPS) is 11.8. The molecule has 2 nitrogen and oxygen atoms in total. The minimum atomic E-state index is -0.701. The molecule has 0 bridgehead atoms. The first-order chi connectivity index (χ1) is 5.48. The molecule has 0 saturated heterocycles. The SMILES string of the molecule is CCC(CC)(OC(=O)Cl)C(C)C. The van der Waals surface area contributed by atoms with Crippen LogP contribution in [0.5, 0.6) is 0 Å². The van der Waals surface area contributed by atoms with Crippen LogP contribution in [0.15, 0.2) is 0 Å². The summed E-state index contributed by atoms with van der Waals surface area (Å²) in [4.78, 5) is 10.6. The van der Waals surface area contributed by atoms with E-state index in [9.17, 15) is 4.79 Å². The van der Waals surface area contributed by atoms with E-state index in [0.717, 1.165) is 12.8 Å². The molecule has 72 valence electrons. The highest BCUT2D eigenvalue weighted by molar-refractivity contribution is 6.61. The van der Waals surface area contributed by atoms with Crippen molar-refractivity contribution in [2.45, 2.75) is 46.1 Å². The fourth-order valence-corrected chi connectivity index (χ4v) is 1.64. The first-order valence-corrected chi connectivity index (χ1v) is 4.74. The molecule has 3 heteroatoms. The topological polar surface area (TPSA) is 26.3 Å². The first-order valence-electron chi connectivity index (χ1n) is 4.37. The maximum absolute atomic E-state index is 10.6. The molecule has 0 aliphatic heterocycles. The molecule has 0 aromatic heterocycles. The van der Waals surface area contributed by atoms with Gasteiger partial charge in [0.2, 0.25) is 0 Å². The molecule has 0 atom stereocenters. The van der Waals surface area contributed by atoms with Gasteiger partial charge in [0.25, 0.3) is 0 Å². The molecule has 0 aliphatic carbocycles. The van der Waals surface area contributed by atoms with E-state index < -0.39 is 5.43 Å². The minimum absolute atomic E-state index is 0.301. The third kappa shape index (κ3) is 2.67. The number of rotatable bonds is 4. The Morgan fingerprint density at radius 2 is 1.83 bits per heavy atom. The van der Waals surface area contributed by atoms with Crippen molar-refractivity contribution in [2.75, 3.05) is 0 Å². The lowest BCUT2D eigenvalue weighted by atomic mass is 9.85. The molecule has 0 rings (SSSR count). The Morgan fingerprint density at radius 1 is 1.42 bits per heavy atom. The van der Waals surface area contributed by atoms with E-state index in [2.05, 4.69) is 0 Å². The second kappa shape index (κ2) is 4.70. The van der Waals surface area contributed by atoms with Crippen LogP contribution in [-0.2, 0) is 4.74 Å². The molecule has 12 heavy (non-hydrogen) atoms. The Balaban J connectivity index is 4.46. The zero-order valence-corrected chi connectivity index (χ0v) is 8.94. The van der Waals surface area contributed by atoms with Crippen molar-refractivity contribution < 1.29 is 9.53 Å². The lowest BCUT2D eigenvalue weighted by Crippen LogP contribution is -2.37. The van der Waals surface area contributed by atoms with E-state index >= 15 is 0 Å². The predicted molar refractivity (Wildman–Crippen MR) is 50.5 cm³/mol. The average molecular weight is 193 g/mol. The summed E-state index contributed by atoms with van der Waals surface area (Å²) in [6.07, 6.45) is 1.61. The van der Waals surface area contributed by atoms with Crippen molar-refractivity contribution in [1.29, 1.82) is 0 Å². The van der Waals surface area contributed by atoms with E-state index in [-0.39, 0.29) is 5.60 Å². The van der Waals surface area contributed by atoms with Gasteiger partial charge in [-0.15, -0.1) is 0 Å². The molecular formula is C9H17ClO2. The summed E-state index contributed by atoms with van der Waals surface area (Å²) in [5.41, 5.74) is -1.08. The Kier molecular flexibility index (Phi) is 4.61. The van der Waals surface area contributed by atoms with Crippen molar-refractivity contribution in [3.8, 4) is 0 Å². The van der Waals surface area contributed by atoms with Crippen LogP contribution in [0.3, 0.4) is 0 Å². The van der Waals surface area contributed by atoms with Crippen molar-refractivity contribution >= 4 is 17.0 Å². The third-order valence-corrected chi connectivity index (χ3v) is 2.61. The van der Waals surface area contributed by atoms with Gasteiger partial charge in [-0.1, -0.05) is 27.7 Å². The molecular weight excluding hydrogens is 176 g/mol. The Bertz CT molecular complexity index is 151. The molecule has 0 heterocycles. The van der Waals surface area contributed by atoms with E-state index in [1.807, 2.05) is 27.7 Å². The summed E-state index contributed by atoms with van der Waals surface area (Å²) < 4.78 is 5.12. The Labute approximate surface area is 79.2 Å². The molecule has 0 aliphatic rings. The van der Waals surface area contributed by atoms with Crippen LogP contribution in [0.25, 0.3) is 0 Å². The van der Waals surface area contributed by atoms with Crippen LogP contribution in [0.1, 0.15) is 40.5 Å². The summed E-state index contributed by atoms with van der Waals surface area (Å²) >= 11 is 5.20. The van der Waals surface area contributed by atoms with Crippen molar-refractivity contribution in [1.82, 2.24) is 0 Å². The second-order valence-electron chi connectivity index (χ2n) is 3.27. The van der Waals surface area contributed by atoms with Gasteiger partial charge < -0.3 is 4.74 Å². The van der Waals surface area contributed by atoms with Crippen LogP contribution in [0, 0.1) is 5.92 Å². The highest BCUT2D eigenvalue weighted by Gasteiger charge is 2.33. The molecule has 0 radical (unpaired) electrons. The van der Waals surface area contributed by atoms with Crippen LogP contribution >= 0.6 is 11.6 Å². The van der Waals surface area contributed by atoms with Crippen molar-refractivity contribution in [3.05, 3.63) is 0 Å². The standard InChI is InChI=1S/C9H17ClO2/c1-5-9(6-2,7(3)4)12-8(10)11/h7H,5-6H2,1-4H3. The minimum Gasteiger partial charge on any atom is -0.447 e. The predicted octanol–water partition coefficient (Wildman–Crippen LogP) is 3.58. The van der Waals surface area contributed by atoms with Gasteiger partial charge in [0.1, 0.15) is 5.60 Å². The van der Waals surface area contributed by atoms with E-state index in [4.69, 9.17) is 16.3 Å². The molecule has 0 aromatic rings. The van der Waals surface area contributed by atoms with Gasteiger partial charge in [0, 0.05) is 11.6 Å².